The Hall–Kier alpha value is -3.32. The quantitative estimate of drug-likeness (QED) is 0.426. The summed E-state index contributed by atoms with van der Waals surface area (Å²) < 4.78 is 5.89. The van der Waals surface area contributed by atoms with Crippen molar-refractivity contribution in [3.05, 3.63) is 83.4 Å². The zero-order valence-electron chi connectivity index (χ0n) is 19.9. The maximum absolute atomic E-state index is 13.5. The zero-order chi connectivity index (χ0) is 23.6. The third-order valence-electron chi connectivity index (χ3n) is 6.60. The SMILES string of the molecule is C[C@H](c1cccc2ccccc12)N(C(=O)OC(C)(C)C)[C@H]1CC[C@@H](c2ccc(C#N)cc2)C1. The standard InChI is InChI=1S/C29H32N2O2/c1-20(26-11-7-9-23-8-5-6-10-27(23)26)31(28(32)33-29(2,3)4)25-17-16-24(18-25)22-14-12-21(19-30)13-15-22/h5-15,20,24-25H,16-18H2,1-4H3/t20-,24-,25+/m1/s1. The molecule has 4 heteroatoms. The van der Waals surface area contributed by atoms with Gasteiger partial charge in [0.05, 0.1) is 17.7 Å². The maximum Gasteiger partial charge on any atom is 0.411 e. The molecule has 3 atom stereocenters. The molecule has 0 N–H and O–H groups in total. The van der Waals surface area contributed by atoms with Crippen molar-refractivity contribution in [3.8, 4) is 6.07 Å². The van der Waals surface area contributed by atoms with Gasteiger partial charge in [-0.25, -0.2) is 4.79 Å². The van der Waals surface area contributed by atoms with E-state index in [9.17, 15) is 4.79 Å². The normalized spacial score (nSPS) is 19.1. The van der Waals surface area contributed by atoms with Gasteiger partial charge in [-0.1, -0.05) is 54.6 Å². The van der Waals surface area contributed by atoms with Crippen LogP contribution in [0.15, 0.2) is 66.7 Å². The molecule has 170 valence electrons. The van der Waals surface area contributed by atoms with Gasteiger partial charge in [-0.15, -0.1) is 0 Å². The average Bonchev–Trinajstić information content (AvgIpc) is 3.27. The molecule has 0 aliphatic heterocycles. The minimum absolute atomic E-state index is 0.0921. The summed E-state index contributed by atoms with van der Waals surface area (Å²) in [7, 11) is 0. The third-order valence-corrected chi connectivity index (χ3v) is 6.60. The van der Waals surface area contributed by atoms with E-state index in [4.69, 9.17) is 10.00 Å². The van der Waals surface area contributed by atoms with Gasteiger partial charge in [0.25, 0.3) is 0 Å². The summed E-state index contributed by atoms with van der Waals surface area (Å²) in [5, 5.41) is 11.4. The van der Waals surface area contributed by atoms with Gasteiger partial charge in [0.1, 0.15) is 5.60 Å². The van der Waals surface area contributed by atoms with E-state index in [1.54, 1.807) is 0 Å². The summed E-state index contributed by atoms with van der Waals surface area (Å²) in [6.07, 6.45) is 2.57. The topological polar surface area (TPSA) is 53.3 Å². The van der Waals surface area contributed by atoms with E-state index < -0.39 is 5.60 Å². The Morgan fingerprint density at radius 3 is 2.42 bits per heavy atom. The summed E-state index contributed by atoms with van der Waals surface area (Å²) in [6.45, 7) is 7.86. The lowest BCUT2D eigenvalue weighted by atomic mass is 9.95. The highest BCUT2D eigenvalue weighted by molar-refractivity contribution is 5.86. The van der Waals surface area contributed by atoms with Crippen molar-refractivity contribution in [2.24, 2.45) is 0 Å². The number of fused-ring (bicyclic) bond motifs is 1. The molecule has 1 aliphatic rings. The van der Waals surface area contributed by atoms with Crippen molar-refractivity contribution in [2.75, 3.05) is 0 Å². The lowest BCUT2D eigenvalue weighted by Crippen LogP contribution is -2.44. The van der Waals surface area contributed by atoms with Crippen LogP contribution in [0.5, 0.6) is 0 Å². The summed E-state index contributed by atoms with van der Waals surface area (Å²) in [4.78, 5) is 15.5. The molecule has 1 amide bonds. The number of hydrogen-bond acceptors (Lipinski definition) is 3. The number of carbonyl (C=O) groups excluding carboxylic acids is 1. The molecule has 1 saturated carbocycles. The average molecular weight is 441 g/mol. The first kappa shape index (κ1) is 22.9. The van der Waals surface area contributed by atoms with E-state index in [1.807, 2.05) is 49.9 Å². The first-order valence-corrected chi connectivity index (χ1v) is 11.8. The van der Waals surface area contributed by atoms with Gasteiger partial charge >= 0.3 is 6.09 Å². The predicted molar refractivity (Wildman–Crippen MR) is 132 cm³/mol. The molecule has 33 heavy (non-hydrogen) atoms. The van der Waals surface area contributed by atoms with Crippen molar-refractivity contribution >= 4 is 16.9 Å². The minimum atomic E-state index is -0.557. The van der Waals surface area contributed by atoms with Crippen molar-refractivity contribution < 1.29 is 9.53 Å². The predicted octanol–water partition coefficient (Wildman–Crippen LogP) is 7.35. The van der Waals surface area contributed by atoms with Gasteiger partial charge in [-0.05, 0) is 86.9 Å². The molecule has 4 rings (SSSR count). The fraction of sp³-hybridized carbons (Fsp3) is 0.379. The molecule has 0 saturated heterocycles. The van der Waals surface area contributed by atoms with E-state index >= 15 is 0 Å². The van der Waals surface area contributed by atoms with Crippen LogP contribution < -0.4 is 0 Å². The molecule has 4 nitrogen and oxygen atoms in total. The van der Waals surface area contributed by atoms with Crippen molar-refractivity contribution in [1.29, 1.82) is 5.26 Å². The van der Waals surface area contributed by atoms with E-state index in [-0.39, 0.29) is 18.2 Å². The fourth-order valence-electron chi connectivity index (χ4n) is 5.05. The van der Waals surface area contributed by atoms with Gasteiger partial charge in [0, 0.05) is 6.04 Å². The lowest BCUT2D eigenvalue weighted by Gasteiger charge is -2.37. The first-order valence-electron chi connectivity index (χ1n) is 11.8. The second kappa shape index (κ2) is 9.27. The monoisotopic (exact) mass is 440 g/mol. The number of rotatable bonds is 4. The Kier molecular flexibility index (Phi) is 6.42. The van der Waals surface area contributed by atoms with Gasteiger partial charge in [-0.3, -0.25) is 4.90 Å². The first-order chi connectivity index (χ1) is 15.8. The number of ether oxygens (including phenoxy) is 1. The van der Waals surface area contributed by atoms with Crippen LogP contribution in [0.25, 0.3) is 10.8 Å². The maximum atomic E-state index is 13.5. The number of nitrogens with zero attached hydrogens (tertiary/aromatic N) is 2. The Bertz CT molecular complexity index is 1170. The highest BCUT2D eigenvalue weighted by Gasteiger charge is 2.38. The van der Waals surface area contributed by atoms with Crippen LogP contribution in [-0.2, 0) is 4.74 Å². The zero-order valence-corrected chi connectivity index (χ0v) is 19.9. The molecule has 3 aromatic rings. The second-order valence-electron chi connectivity index (χ2n) is 10.0. The molecule has 0 spiro atoms. The van der Waals surface area contributed by atoms with Gasteiger partial charge in [0.2, 0.25) is 0 Å². The van der Waals surface area contributed by atoms with Gasteiger partial charge in [0.15, 0.2) is 0 Å². The minimum Gasteiger partial charge on any atom is -0.444 e. The Balaban J connectivity index is 1.65. The molecule has 1 fully saturated rings. The summed E-state index contributed by atoms with van der Waals surface area (Å²) in [5.74, 6) is 0.368. The van der Waals surface area contributed by atoms with Crippen LogP contribution in [0, 0.1) is 11.3 Å². The largest absolute Gasteiger partial charge is 0.444 e. The van der Waals surface area contributed by atoms with Gasteiger partial charge in [-0.2, -0.15) is 5.26 Å². The molecule has 0 aromatic heterocycles. The lowest BCUT2D eigenvalue weighted by molar-refractivity contribution is 0.00693. The van der Waals surface area contributed by atoms with Gasteiger partial charge < -0.3 is 4.74 Å². The second-order valence-corrected chi connectivity index (χ2v) is 10.0. The Morgan fingerprint density at radius 2 is 1.73 bits per heavy atom. The van der Waals surface area contributed by atoms with Crippen LogP contribution in [0.1, 0.15) is 75.6 Å². The number of amides is 1. The molecule has 0 unspecified atom stereocenters. The van der Waals surface area contributed by atoms with E-state index in [0.717, 1.165) is 24.8 Å². The fourth-order valence-corrected chi connectivity index (χ4v) is 5.05. The number of nitriles is 1. The van der Waals surface area contributed by atoms with Crippen LogP contribution in [0.3, 0.4) is 0 Å². The summed E-state index contributed by atoms with van der Waals surface area (Å²) in [5.41, 5.74) is 2.49. The van der Waals surface area contributed by atoms with E-state index in [0.29, 0.717) is 11.5 Å². The van der Waals surface area contributed by atoms with E-state index in [2.05, 4.69) is 55.5 Å². The highest BCUT2D eigenvalue weighted by atomic mass is 16.6. The molecule has 0 heterocycles. The van der Waals surface area contributed by atoms with Crippen LogP contribution >= 0.6 is 0 Å². The van der Waals surface area contributed by atoms with Crippen LogP contribution in [0.4, 0.5) is 4.79 Å². The van der Waals surface area contributed by atoms with Crippen molar-refractivity contribution in [3.63, 3.8) is 0 Å². The molecule has 0 radical (unpaired) electrons. The molecule has 1 aliphatic carbocycles. The number of hydrogen-bond donors (Lipinski definition) is 0. The summed E-state index contributed by atoms with van der Waals surface area (Å²) in [6, 6.07) is 24.7. The number of benzene rings is 3. The van der Waals surface area contributed by atoms with Crippen LogP contribution in [-0.4, -0.2) is 22.6 Å². The molecule has 3 aromatic carbocycles. The molecule has 0 bridgehead atoms. The third kappa shape index (κ3) is 5.03. The Labute approximate surface area is 196 Å². The van der Waals surface area contributed by atoms with Crippen molar-refractivity contribution in [2.45, 2.75) is 70.6 Å². The highest BCUT2D eigenvalue weighted by Crippen LogP contribution is 2.41. The van der Waals surface area contributed by atoms with Crippen LogP contribution in [0.2, 0.25) is 0 Å². The smallest absolute Gasteiger partial charge is 0.411 e. The molecular formula is C29H32N2O2. The Morgan fingerprint density at radius 1 is 1.03 bits per heavy atom. The summed E-state index contributed by atoms with van der Waals surface area (Å²) >= 11 is 0. The van der Waals surface area contributed by atoms with Crippen molar-refractivity contribution in [1.82, 2.24) is 4.90 Å². The van der Waals surface area contributed by atoms with E-state index in [1.165, 1.54) is 16.3 Å². The molecular weight excluding hydrogens is 408 g/mol. The number of carbonyl (C=O) groups is 1.